The van der Waals surface area contributed by atoms with Gasteiger partial charge in [-0.3, -0.25) is 9.59 Å². The first-order valence-corrected chi connectivity index (χ1v) is 6.81. The Labute approximate surface area is 127 Å². The maximum Gasteiger partial charge on any atom is 0.417 e. The van der Waals surface area contributed by atoms with E-state index in [0.29, 0.717) is 12.1 Å². The fraction of sp³-hybridized carbons (Fsp3) is 0.200. The number of Topliss-reactive ketones (excluding diaryl/α,β-unsaturated/α-hetero) is 1. The van der Waals surface area contributed by atoms with Crippen LogP contribution in [0.1, 0.15) is 28.0 Å². The number of halogens is 4. The summed E-state index contributed by atoms with van der Waals surface area (Å²) < 4.78 is 39.6. The highest BCUT2D eigenvalue weighted by Crippen LogP contribution is 2.40. The molecule has 22 heavy (non-hydrogen) atoms. The van der Waals surface area contributed by atoms with Gasteiger partial charge in [0.1, 0.15) is 0 Å². The predicted octanol–water partition coefficient (Wildman–Crippen LogP) is 3.84. The number of aromatic amines is 1. The van der Waals surface area contributed by atoms with Gasteiger partial charge in [-0.1, -0.05) is 11.6 Å². The van der Waals surface area contributed by atoms with Crippen molar-refractivity contribution in [1.82, 2.24) is 4.98 Å². The standard InChI is InChI=1S/C15H9ClF3NO2/c16-7-1-2-10(15(17,18)19)8(5-7)9-6-13(22)20-11-3-4-12(21)14(9)11/h1-2,5-6H,3-4H2,(H,20,22). The predicted molar refractivity (Wildman–Crippen MR) is 75.2 cm³/mol. The molecule has 1 N–H and O–H groups in total. The topological polar surface area (TPSA) is 49.9 Å². The first-order valence-electron chi connectivity index (χ1n) is 6.44. The molecule has 0 saturated carbocycles. The van der Waals surface area contributed by atoms with Gasteiger partial charge in [0.15, 0.2) is 5.78 Å². The van der Waals surface area contributed by atoms with Crippen molar-refractivity contribution < 1.29 is 18.0 Å². The lowest BCUT2D eigenvalue weighted by Gasteiger charge is -2.15. The quantitative estimate of drug-likeness (QED) is 0.865. The molecule has 3 rings (SSSR count). The minimum Gasteiger partial charge on any atom is -0.325 e. The SMILES string of the molecule is O=C1CCc2[nH]c(=O)cc(-c3cc(Cl)ccc3C(F)(F)F)c21. The van der Waals surface area contributed by atoms with Crippen LogP contribution in [0.3, 0.4) is 0 Å². The van der Waals surface area contributed by atoms with E-state index in [9.17, 15) is 22.8 Å². The second-order valence-corrected chi connectivity index (χ2v) is 5.45. The number of benzene rings is 1. The average Bonchev–Trinajstić information content (AvgIpc) is 2.78. The second-order valence-electron chi connectivity index (χ2n) is 5.01. The first-order chi connectivity index (χ1) is 10.3. The normalized spacial score (nSPS) is 14.3. The van der Waals surface area contributed by atoms with E-state index in [1.807, 2.05) is 0 Å². The summed E-state index contributed by atoms with van der Waals surface area (Å²) in [7, 11) is 0. The molecule has 0 unspecified atom stereocenters. The number of alkyl halides is 3. The number of carbonyl (C=O) groups is 1. The molecule has 1 aliphatic carbocycles. The van der Waals surface area contributed by atoms with Crippen LogP contribution in [0.5, 0.6) is 0 Å². The molecule has 0 aliphatic heterocycles. The number of aromatic nitrogens is 1. The minimum atomic E-state index is -4.61. The number of hydrogen-bond acceptors (Lipinski definition) is 2. The number of rotatable bonds is 1. The number of nitrogens with one attached hydrogen (secondary N) is 1. The molecule has 2 aromatic rings. The summed E-state index contributed by atoms with van der Waals surface area (Å²) in [5, 5.41) is 0.0995. The van der Waals surface area contributed by atoms with Crippen molar-refractivity contribution in [1.29, 1.82) is 0 Å². The van der Waals surface area contributed by atoms with Crippen LogP contribution in [0.2, 0.25) is 5.02 Å². The maximum absolute atomic E-state index is 13.2. The Balaban J connectivity index is 2.36. The minimum absolute atomic E-state index is 0.0175. The number of H-pyrrole nitrogens is 1. The molecule has 7 heteroatoms. The summed E-state index contributed by atoms with van der Waals surface area (Å²) in [5.74, 6) is -0.283. The monoisotopic (exact) mass is 327 g/mol. The van der Waals surface area contributed by atoms with Crippen LogP contribution in [0.4, 0.5) is 13.2 Å². The molecular formula is C15H9ClF3NO2. The number of fused-ring (bicyclic) bond motifs is 1. The van der Waals surface area contributed by atoms with Gasteiger partial charge in [0.05, 0.1) is 5.56 Å². The molecule has 0 saturated heterocycles. The third-order valence-electron chi connectivity index (χ3n) is 3.58. The van der Waals surface area contributed by atoms with Crippen molar-refractivity contribution >= 4 is 17.4 Å². The van der Waals surface area contributed by atoms with Crippen LogP contribution in [-0.4, -0.2) is 10.8 Å². The zero-order valence-corrected chi connectivity index (χ0v) is 11.8. The van der Waals surface area contributed by atoms with Crippen LogP contribution in [-0.2, 0) is 12.6 Å². The van der Waals surface area contributed by atoms with Gasteiger partial charge in [0.2, 0.25) is 5.56 Å². The molecule has 0 bridgehead atoms. The Hall–Kier alpha value is -2.08. The van der Waals surface area contributed by atoms with Gasteiger partial charge in [-0.25, -0.2) is 0 Å². The summed E-state index contributed by atoms with van der Waals surface area (Å²) in [5.41, 5.74) is -1.22. The van der Waals surface area contributed by atoms with E-state index < -0.39 is 17.3 Å². The second kappa shape index (κ2) is 4.98. The summed E-state index contributed by atoms with van der Waals surface area (Å²) in [6, 6.07) is 4.13. The van der Waals surface area contributed by atoms with Crippen LogP contribution in [0.15, 0.2) is 29.1 Å². The molecule has 0 radical (unpaired) electrons. The number of carbonyl (C=O) groups excluding carboxylic acids is 1. The van der Waals surface area contributed by atoms with Gasteiger partial charge >= 0.3 is 6.18 Å². The van der Waals surface area contributed by atoms with E-state index in [4.69, 9.17) is 11.6 Å². The molecule has 1 aromatic heterocycles. The molecule has 114 valence electrons. The van der Waals surface area contributed by atoms with E-state index in [0.717, 1.165) is 24.3 Å². The zero-order valence-electron chi connectivity index (χ0n) is 11.1. The fourth-order valence-corrected chi connectivity index (χ4v) is 2.85. The molecule has 0 spiro atoms. The Morgan fingerprint density at radius 3 is 2.45 bits per heavy atom. The van der Waals surface area contributed by atoms with Crippen molar-refractivity contribution in [3.63, 3.8) is 0 Å². The molecular weight excluding hydrogens is 319 g/mol. The first kappa shape index (κ1) is 14.8. The summed E-state index contributed by atoms with van der Waals surface area (Å²) in [4.78, 5) is 26.2. The lowest BCUT2D eigenvalue weighted by molar-refractivity contribution is -0.137. The maximum atomic E-state index is 13.2. The van der Waals surface area contributed by atoms with Gasteiger partial charge in [0.25, 0.3) is 0 Å². The zero-order chi connectivity index (χ0) is 16.1. The van der Waals surface area contributed by atoms with Crippen molar-refractivity contribution in [3.8, 4) is 11.1 Å². The summed E-state index contributed by atoms with van der Waals surface area (Å²) in [6.07, 6.45) is -4.12. The molecule has 1 aliphatic rings. The van der Waals surface area contributed by atoms with Gasteiger partial charge in [-0.15, -0.1) is 0 Å². The Morgan fingerprint density at radius 2 is 1.77 bits per heavy atom. The highest BCUT2D eigenvalue weighted by atomic mass is 35.5. The third kappa shape index (κ3) is 2.43. The molecule has 0 atom stereocenters. The molecule has 0 fully saturated rings. The highest BCUT2D eigenvalue weighted by Gasteiger charge is 2.35. The van der Waals surface area contributed by atoms with Crippen molar-refractivity contribution in [3.05, 3.63) is 56.5 Å². The van der Waals surface area contributed by atoms with E-state index in [1.54, 1.807) is 0 Å². The largest absolute Gasteiger partial charge is 0.417 e. The lowest BCUT2D eigenvalue weighted by Crippen LogP contribution is -2.13. The van der Waals surface area contributed by atoms with E-state index >= 15 is 0 Å². The van der Waals surface area contributed by atoms with Gasteiger partial charge < -0.3 is 4.98 Å². The van der Waals surface area contributed by atoms with Gasteiger partial charge in [0, 0.05) is 34.3 Å². The van der Waals surface area contributed by atoms with Crippen molar-refractivity contribution in [2.45, 2.75) is 19.0 Å². The summed E-state index contributed by atoms with van der Waals surface area (Å²) >= 11 is 5.81. The van der Waals surface area contributed by atoms with Crippen molar-refractivity contribution in [2.24, 2.45) is 0 Å². The molecule has 3 nitrogen and oxygen atoms in total. The van der Waals surface area contributed by atoms with E-state index in [1.165, 1.54) is 0 Å². The molecule has 1 heterocycles. The summed E-state index contributed by atoms with van der Waals surface area (Å²) in [6.45, 7) is 0. The lowest BCUT2D eigenvalue weighted by atomic mass is 9.95. The number of hydrogen-bond donors (Lipinski definition) is 1. The number of ketones is 1. The van der Waals surface area contributed by atoms with Gasteiger partial charge in [-0.2, -0.15) is 13.2 Å². The van der Waals surface area contributed by atoms with Gasteiger partial charge in [-0.05, 0) is 30.2 Å². The van der Waals surface area contributed by atoms with Crippen LogP contribution in [0.25, 0.3) is 11.1 Å². The smallest absolute Gasteiger partial charge is 0.325 e. The Morgan fingerprint density at radius 1 is 1.05 bits per heavy atom. The number of aryl methyl sites for hydroxylation is 1. The highest BCUT2D eigenvalue weighted by molar-refractivity contribution is 6.31. The molecule has 1 aromatic carbocycles. The third-order valence-corrected chi connectivity index (χ3v) is 3.81. The molecule has 0 amide bonds. The fourth-order valence-electron chi connectivity index (χ4n) is 2.68. The van der Waals surface area contributed by atoms with Crippen LogP contribution < -0.4 is 5.56 Å². The van der Waals surface area contributed by atoms with E-state index in [-0.39, 0.29) is 33.9 Å². The average molecular weight is 328 g/mol. The van der Waals surface area contributed by atoms with Crippen LogP contribution >= 0.6 is 11.6 Å². The van der Waals surface area contributed by atoms with Crippen molar-refractivity contribution in [2.75, 3.05) is 0 Å². The Kier molecular flexibility index (Phi) is 3.36. The Bertz CT molecular complexity index is 840. The van der Waals surface area contributed by atoms with Crippen LogP contribution in [0, 0.1) is 0 Å². The van der Waals surface area contributed by atoms with E-state index in [2.05, 4.69) is 4.98 Å². The number of pyridine rings is 1.